The maximum atomic E-state index is 6.05. The van der Waals surface area contributed by atoms with Crippen LogP contribution in [0.25, 0.3) is 10.9 Å². The highest BCUT2D eigenvalue weighted by Gasteiger charge is 2.18. The molecule has 0 saturated carbocycles. The topological polar surface area (TPSA) is 41.8 Å². The largest absolute Gasteiger partial charge is 0.358 e. The Balaban J connectivity index is 2.11. The number of para-hydroxylation sites is 1. The zero-order valence-corrected chi connectivity index (χ0v) is 12.0. The highest BCUT2D eigenvalue weighted by atomic mass is 14.7. The van der Waals surface area contributed by atoms with E-state index >= 15 is 0 Å². The molecule has 2 heteroatoms. The number of fused-ring (bicyclic) bond motifs is 1. The lowest BCUT2D eigenvalue weighted by Crippen LogP contribution is -2.15. The second-order valence-corrected chi connectivity index (χ2v) is 5.41. The molecule has 3 aromatic rings. The van der Waals surface area contributed by atoms with Crippen molar-refractivity contribution in [1.82, 2.24) is 4.98 Å². The van der Waals surface area contributed by atoms with Gasteiger partial charge in [0.25, 0.3) is 0 Å². The number of nitrogens with two attached hydrogens (primary N) is 1. The van der Waals surface area contributed by atoms with E-state index in [0.717, 1.165) is 0 Å². The molecule has 2 aromatic carbocycles. The second kappa shape index (κ2) is 5.14. The van der Waals surface area contributed by atoms with E-state index in [9.17, 15) is 0 Å². The molecule has 0 fully saturated rings. The van der Waals surface area contributed by atoms with Crippen molar-refractivity contribution in [3.05, 3.63) is 70.9 Å². The smallest absolute Gasteiger partial charge is 0.0459 e. The van der Waals surface area contributed by atoms with E-state index in [1.54, 1.807) is 0 Å². The van der Waals surface area contributed by atoms with Crippen molar-refractivity contribution < 1.29 is 0 Å². The molecule has 1 heterocycles. The average Bonchev–Trinajstić information content (AvgIpc) is 2.80. The van der Waals surface area contributed by atoms with Crippen LogP contribution < -0.4 is 5.73 Å². The molecule has 3 rings (SSSR count). The van der Waals surface area contributed by atoms with Gasteiger partial charge in [-0.25, -0.2) is 0 Å². The van der Waals surface area contributed by atoms with Crippen molar-refractivity contribution in [2.45, 2.75) is 19.8 Å². The number of nitrogens with one attached hydrogen (secondary N) is 1. The van der Waals surface area contributed by atoms with Crippen molar-refractivity contribution in [1.29, 1.82) is 0 Å². The Hall–Kier alpha value is -2.06. The van der Waals surface area contributed by atoms with Crippen molar-refractivity contribution in [2.75, 3.05) is 6.54 Å². The lowest BCUT2D eigenvalue weighted by molar-refractivity contribution is 0.790. The Labute approximate surface area is 119 Å². The van der Waals surface area contributed by atoms with Gasteiger partial charge in [-0.05, 0) is 31.0 Å². The Morgan fingerprint density at radius 1 is 1.00 bits per heavy atom. The van der Waals surface area contributed by atoms with Gasteiger partial charge >= 0.3 is 0 Å². The molecule has 0 amide bonds. The molecule has 3 N–H and O–H groups in total. The van der Waals surface area contributed by atoms with E-state index in [-0.39, 0.29) is 5.92 Å². The van der Waals surface area contributed by atoms with Gasteiger partial charge in [0.05, 0.1) is 0 Å². The molecule has 0 aliphatic heterocycles. The number of rotatable bonds is 3. The Morgan fingerprint density at radius 2 is 1.70 bits per heavy atom. The predicted octanol–water partition coefficient (Wildman–Crippen LogP) is 3.88. The van der Waals surface area contributed by atoms with E-state index in [1.807, 2.05) is 0 Å². The second-order valence-electron chi connectivity index (χ2n) is 5.41. The number of benzene rings is 2. The summed E-state index contributed by atoms with van der Waals surface area (Å²) in [4.78, 5) is 3.55. The number of aromatic nitrogens is 1. The zero-order valence-electron chi connectivity index (χ0n) is 12.0. The molecule has 1 atom stereocenters. The lowest BCUT2D eigenvalue weighted by Gasteiger charge is -2.15. The van der Waals surface area contributed by atoms with Gasteiger partial charge in [0.15, 0.2) is 0 Å². The molecule has 1 unspecified atom stereocenters. The lowest BCUT2D eigenvalue weighted by atomic mass is 9.92. The minimum absolute atomic E-state index is 0.225. The van der Waals surface area contributed by atoms with E-state index in [4.69, 9.17) is 5.73 Å². The molecule has 102 valence electrons. The number of aromatic amines is 1. The Bertz CT molecular complexity index is 723. The third-order valence-electron chi connectivity index (χ3n) is 4.07. The zero-order chi connectivity index (χ0) is 14.1. The fraction of sp³-hybridized carbons (Fsp3) is 0.222. The first kappa shape index (κ1) is 12.9. The predicted molar refractivity (Wildman–Crippen MR) is 85.1 cm³/mol. The molecule has 0 aliphatic rings. The number of hydrogen-bond donors (Lipinski definition) is 2. The third-order valence-corrected chi connectivity index (χ3v) is 4.07. The van der Waals surface area contributed by atoms with Gasteiger partial charge in [-0.2, -0.15) is 0 Å². The fourth-order valence-corrected chi connectivity index (χ4v) is 2.87. The summed E-state index contributed by atoms with van der Waals surface area (Å²) < 4.78 is 0. The van der Waals surface area contributed by atoms with E-state index in [0.29, 0.717) is 6.54 Å². The molecule has 0 saturated heterocycles. The monoisotopic (exact) mass is 264 g/mol. The summed E-state index contributed by atoms with van der Waals surface area (Å²) in [5.41, 5.74) is 12.3. The van der Waals surface area contributed by atoms with Crippen LogP contribution in [0.2, 0.25) is 0 Å². The average molecular weight is 264 g/mol. The standard InChI is InChI=1S/C18H20N2/c1-12-7-9-14(10-8-12)16(11-19)18-13(2)15-5-3-4-6-17(15)20-18/h3-10,16,20H,11,19H2,1-2H3. The third kappa shape index (κ3) is 2.12. The normalized spacial score (nSPS) is 12.8. The Morgan fingerprint density at radius 3 is 2.35 bits per heavy atom. The fourth-order valence-electron chi connectivity index (χ4n) is 2.87. The van der Waals surface area contributed by atoms with Crippen LogP contribution in [0.5, 0.6) is 0 Å². The van der Waals surface area contributed by atoms with E-state index in [2.05, 4.69) is 67.4 Å². The van der Waals surface area contributed by atoms with Crippen molar-refractivity contribution in [2.24, 2.45) is 5.73 Å². The van der Waals surface area contributed by atoms with Crippen LogP contribution in [0.15, 0.2) is 48.5 Å². The van der Waals surface area contributed by atoms with Crippen LogP contribution in [-0.4, -0.2) is 11.5 Å². The van der Waals surface area contributed by atoms with Gasteiger partial charge in [-0.1, -0.05) is 48.0 Å². The van der Waals surface area contributed by atoms with Gasteiger partial charge in [0.1, 0.15) is 0 Å². The molecule has 0 bridgehead atoms. The van der Waals surface area contributed by atoms with Crippen molar-refractivity contribution in [3.8, 4) is 0 Å². The van der Waals surface area contributed by atoms with E-state index < -0.39 is 0 Å². The SMILES string of the molecule is Cc1ccc(C(CN)c2[nH]c3ccccc3c2C)cc1. The van der Waals surface area contributed by atoms with Crippen LogP contribution in [-0.2, 0) is 0 Å². The maximum Gasteiger partial charge on any atom is 0.0459 e. The summed E-state index contributed by atoms with van der Waals surface area (Å²) in [6.07, 6.45) is 0. The van der Waals surface area contributed by atoms with Gasteiger partial charge in [-0.3, -0.25) is 0 Å². The molecule has 1 aromatic heterocycles. The molecule has 0 spiro atoms. The van der Waals surface area contributed by atoms with E-state index in [1.165, 1.54) is 33.3 Å². The molecule has 2 nitrogen and oxygen atoms in total. The first-order chi connectivity index (χ1) is 9.70. The summed E-state index contributed by atoms with van der Waals surface area (Å²) >= 11 is 0. The minimum Gasteiger partial charge on any atom is -0.358 e. The van der Waals surface area contributed by atoms with Gasteiger partial charge in [0.2, 0.25) is 0 Å². The molecular formula is C18H20N2. The number of aryl methyl sites for hydroxylation is 2. The van der Waals surface area contributed by atoms with Crippen molar-refractivity contribution in [3.63, 3.8) is 0 Å². The maximum absolute atomic E-state index is 6.05. The highest BCUT2D eigenvalue weighted by molar-refractivity contribution is 5.84. The van der Waals surface area contributed by atoms with Crippen LogP contribution >= 0.6 is 0 Å². The summed E-state index contributed by atoms with van der Waals surface area (Å²) in [7, 11) is 0. The van der Waals surface area contributed by atoms with Gasteiger partial charge < -0.3 is 10.7 Å². The summed E-state index contributed by atoms with van der Waals surface area (Å²) in [6.45, 7) is 4.89. The van der Waals surface area contributed by atoms with Crippen LogP contribution in [0.3, 0.4) is 0 Å². The molecule has 0 aliphatic carbocycles. The van der Waals surface area contributed by atoms with Gasteiger partial charge in [0, 0.05) is 29.1 Å². The minimum atomic E-state index is 0.225. The number of hydrogen-bond acceptors (Lipinski definition) is 1. The first-order valence-electron chi connectivity index (χ1n) is 7.04. The summed E-state index contributed by atoms with van der Waals surface area (Å²) in [5.74, 6) is 0.225. The molecule has 20 heavy (non-hydrogen) atoms. The molecule has 0 radical (unpaired) electrons. The number of H-pyrrole nitrogens is 1. The molecular weight excluding hydrogens is 244 g/mol. The highest BCUT2D eigenvalue weighted by Crippen LogP contribution is 2.30. The van der Waals surface area contributed by atoms with Crippen LogP contribution in [0.1, 0.15) is 28.3 Å². The van der Waals surface area contributed by atoms with Gasteiger partial charge in [-0.15, -0.1) is 0 Å². The Kier molecular flexibility index (Phi) is 3.33. The van der Waals surface area contributed by atoms with Crippen LogP contribution in [0, 0.1) is 13.8 Å². The van der Waals surface area contributed by atoms with Crippen LogP contribution in [0.4, 0.5) is 0 Å². The summed E-state index contributed by atoms with van der Waals surface area (Å²) in [5, 5.41) is 1.29. The van der Waals surface area contributed by atoms with Crippen molar-refractivity contribution >= 4 is 10.9 Å². The summed E-state index contributed by atoms with van der Waals surface area (Å²) in [6, 6.07) is 17.1. The first-order valence-corrected chi connectivity index (χ1v) is 7.04. The quantitative estimate of drug-likeness (QED) is 0.740.